The van der Waals surface area contributed by atoms with Crippen molar-refractivity contribution in [1.82, 2.24) is 19.8 Å². The van der Waals surface area contributed by atoms with Gasteiger partial charge < -0.3 is 9.80 Å². The van der Waals surface area contributed by atoms with Crippen LogP contribution in [0.1, 0.15) is 5.69 Å². The standard InChI is InChI=1S/C9H11ClN4O/c1-13-2-3-14(9(13)15)6-7-4-12-8(10)5-11-7/h4-5H,2-3,6H2,1H3. The van der Waals surface area contributed by atoms with Crippen LogP contribution in [0.15, 0.2) is 12.4 Å². The summed E-state index contributed by atoms with van der Waals surface area (Å²) in [5.74, 6) is 0. The molecule has 0 N–H and O–H groups in total. The minimum atomic E-state index is 0.0340. The van der Waals surface area contributed by atoms with Gasteiger partial charge in [0.15, 0.2) is 0 Å². The molecule has 1 aliphatic rings. The number of urea groups is 1. The lowest BCUT2D eigenvalue weighted by Gasteiger charge is -2.14. The van der Waals surface area contributed by atoms with Crippen LogP contribution in [0.3, 0.4) is 0 Å². The Morgan fingerprint density at radius 1 is 1.40 bits per heavy atom. The molecule has 0 aromatic carbocycles. The van der Waals surface area contributed by atoms with Gasteiger partial charge in [-0.05, 0) is 0 Å². The number of carbonyl (C=O) groups is 1. The number of nitrogens with zero attached hydrogens (tertiary/aromatic N) is 4. The summed E-state index contributed by atoms with van der Waals surface area (Å²) in [4.78, 5) is 23.0. The highest BCUT2D eigenvalue weighted by Gasteiger charge is 2.25. The average Bonchev–Trinajstić information content (AvgIpc) is 2.53. The third kappa shape index (κ3) is 2.18. The summed E-state index contributed by atoms with van der Waals surface area (Å²) in [5.41, 5.74) is 0.753. The van der Waals surface area contributed by atoms with Gasteiger partial charge in [0, 0.05) is 20.1 Å². The monoisotopic (exact) mass is 226 g/mol. The van der Waals surface area contributed by atoms with E-state index in [-0.39, 0.29) is 6.03 Å². The summed E-state index contributed by atoms with van der Waals surface area (Å²) in [7, 11) is 1.79. The van der Waals surface area contributed by atoms with Gasteiger partial charge in [0.1, 0.15) is 5.15 Å². The molecule has 0 saturated carbocycles. The summed E-state index contributed by atoms with van der Waals surface area (Å²) in [5, 5.41) is 0.364. The molecule has 0 bridgehead atoms. The van der Waals surface area contributed by atoms with Crippen LogP contribution in [0.4, 0.5) is 4.79 Å². The number of halogens is 1. The molecule has 0 radical (unpaired) electrons. The summed E-state index contributed by atoms with van der Waals surface area (Å²) in [6.07, 6.45) is 3.08. The number of likely N-dealkylation sites (N-methyl/N-ethyl adjacent to an activating group) is 1. The Bertz CT molecular complexity index is 367. The van der Waals surface area contributed by atoms with Crippen LogP contribution in [0.2, 0.25) is 5.15 Å². The smallest absolute Gasteiger partial charge is 0.320 e. The van der Waals surface area contributed by atoms with Gasteiger partial charge in [-0.25, -0.2) is 9.78 Å². The van der Waals surface area contributed by atoms with Crippen molar-refractivity contribution in [3.63, 3.8) is 0 Å². The fraction of sp³-hybridized carbons (Fsp3) is 0.444. The van der Waals surface area contributed by atoms with Gasteiger partial charge in [-0.1, -0.05) is 11.6 Å². The lowest BCUT2D eigenvalue weighted by Crippen LogP contribution is -2.29. The van der Waals surface area contributed by atoms with E-state index in [0.29, 0.717) is 11.7 Å². The summed E-state index contributed by atoms with van der Waals surface area (Å²) in [6.45, 7) is 1.99. The Morgan fingerprint density at radius 2 is 2.20 bits per heavy atom. The van der Waals surface area contributed by atoms with Crippen LogP contribution in [0.5, 0.6) is 0 Å². The molecule has 2 rings (SSSR count). The van der Waals surface area contributed by atoms with Crippen molar-refractivity contribution in [3.8, 4) is 0 Å². The van der Waals surface area contributed by atoms with Crippen LogP contribution in [0, 0.1) is 0 Å². The van der Waals surface area contributed by atoms with Crippen molar-refractivity contribution in [2.24, 2.45) is 0 Å². The molecule has 0 spiro atoms. The van der Waals surface area contributed by atoms with Crippen molar-refractivity contribution in [2.75, 3.05) is 20.1 Å². The second kappa shape index (κ2) is 4.02. The maximum absolute atomic E-state index is 11.6. The van der Waals surface area contributed by atoms with E-state index in [1.54, 1.807) is 23.0 Å². The first-order chi connectivity index (χ1) is 7.16. The van der Waals surface area contributed by atoms with Crippen molar-refractivity contribution in [2.45, 2.75) is 6.54 Å². The molecule has 0 unspecified atom stereocenters. The Hall–Kier alpha value is -1.36. The van der Waals surface area contributed by atoms with E-state index in [2.05, 4.69) is 9.97 Å². The number of rotatable bonds is 2. The van der Waals surface area contributed by atoms with E-state index >= 15 is 0 Å². The van der Waals surface area contributed by atoms with E-state index < -0.39 is 0 Å². The number of aromatic nitrogens is 2. The largest absolute Gasteiger partial charge is 0.326 e. The minimum absolute atomic E-state index is 0.0340. The fourth-order valence-electron chi connectivity index (χ4n) is 1.47. The number of hydrogen-bond donors (Lipinski definition) is 0. The van der Waals surface area contributed by atoms with Crippen LogP contribution in [-0.4, -0.2) is 45.9 Å². The molecule has 2 amide bonds. The van der Waals surface area contributed by atoms with Crippen molar-refractivity contribution in [1.29, 1.82) is 0 Å². The summed E-state index contributed by atoms with van der Waals surface area (Å²) >= 11 is 5.62. The topological polar surface area (TPSA) is 49.3 Å². The molecular formula is C9H11ClN4O. The second-order valence-corrected chi connectivity index (χ2v) is 3.84. The van der Waals surface area contributed by atoms with Gasteiger partial charge in [-0.2, -0.15) is 0 Å². The van der Waals surface area contributed by atoms with E-state index in [1.165, 1.54) is 6.20 Å². The van der Waals surface area contributed by atoms with Crippen molar-refractivity contribution < 1.29 is 4.79 Å². The molecule has 1 aromatic rings. The predicted molar refractivity (Wildman–Crippen MR) is 55.5 cm³/mol. The third-order valence-corrected chi connectivity index (χ3v) is 2.52. The molecule has 5 nitrogen and oxygen atoms in total. The first-order valence-corrected chi connectivity index (χ1v) is 5.01. The Balaban J connectivity index is 2.03. The lowest BCUT2D eigenvalue weighted by atomic mass is 10.4. The lowest BCUT2D eigenvalue weighted by molar-refractivity contribution is 0.196. The third-order valence-electron chi connectivity index (χ3n) is 2.33. The zero-order chi connectivity index (χ0) is 10.8. The van der Waals surface area contributed by atoms with E-state index in [0.717, 1.165) is 18.8 Å². The highest BCUT2D eigenvalue weighted by atomic mass is 35.5. The van der Waals surface area contributed by atoms with Crippen LogP contribution >= 0.6 is 11.6 Å². The summed E-state index contributed by atoms with van der Waals surface area (Å²) in [6, 6.07) is 0.0340. The van der Waals surface area contributed by atoms with Gasteiger partial charge in [0.05, 0.1) is 24.6 Å². The van der Waals surface area contributed by atoms with Crippen LogP contribution < -0.4 is 0 Å². The Kier molecular flexibility index (Phi) is 2.73. The molecule has 0 atom stereocenters. The SMILES string of the molecule is CN1CCN(Cc2cnc(Cl)cn2)C1=O. The van der Waals surface area contributed by atoms with Crippen molar-refractivity contribution in [3.05, 3.63) is 23.2 Å². The molecule has 80 valence electrons. The van der Waals surface area contributed by atoms with E-state index in [4.69, 9.17) is 11.6 Å². The normalized spacial score (nSPS) is 16.3. The molecule has 2 heterocycles. The van der Waals surface area contributed by atoms with Crippen molar-refractivity contribution >= 4 is 17.6 Å². The van der Waals surface area contributed by atoms with Gasteiger partial charge in [-0.15, -0.1) is 0 Å². The average molecular weight is 227 g/mol. The predicted octanol–water partition coefficient (Wildman–Crippen LogP) is 0.997. The maximum Gasteiger partial charge on any atom is 0.320 e. The number of carbonyl (C=O) groups excluding carboxylic acids is 1. The second-order valence-electron chi connectivity index (χ2n) is 3.46. The maximum atomic E-state index is 11.6. The zero-order valence-corrected chi connectivity index (χ0v) is 9.11. The van der Waals surface area contributed by atoms with Gasteiger partial charge in [0.2, 0.25) is 0 Å². The molecular weight excluding hydrogens is 216 g/mol. The van der Waals surface area contributed by atoms with Gasteiger partial charge in [0.25, 0.3) is 0 Å². The number of amides is 2. The number of hydrogen-bond acceptors (Lipinski definition) is 3. The molecule has 1 aliphatic heterocycles. The molecule has 15 heavy (non-hydrogen) atoms. The first-order valence-electron chi connectivity index (χ1n) is 4.63. The molecule has 6 heteroatoms. The quantitative estimate of drug-likeness (QED) is 0.756. The Morgan fingerprint density at radius 3 is 2.73 bits per heavy atom. The minimum Gasteiger partial charge on any atom is -0.326 e. The first kappa shape index (κ1) is 10.2. The van der Waals surface area contributed by atoms with Crippen LogP contribution in [0.25, 0.3) is 0 Å². The molecule has 1 saturated heterocycles. The van der Waals surface area contributed by atoms with E-state index in [1.807, 2.05) is 0 Å². The van der Waals surface area contributed by atoms with Crippen LogP contribution in [-0.2, 0) is 6.54 Å². The van der Waals surface area contributed by atoms with Gasteiger partial charge in [-0.3, -0.25) is 4.98 Å². The highest BCUT2D eigenvalue weighted by molar-refractivity contribution is 6.29. The Labute approximate surface area is 92.7 Å². The molecule has 1 fully saturated rings. The summed E-state index contributed by atoms with van der Waals surface area (Å²) < 4.78 is 0. The fourth-order valence-corrected chi connectivity index (χ4v) is 1.56. The van der Waals surface area contributed by atoms with E-state index in [9.17, 15) is 4.79 Å². The van der Waals surface area contributed by atoms with Gasteiger partial charge >= 0.3 is 6.03 Å². The molecule has 0 aliphatic carbocycles. The highest BCUT2D eigenvalue weighted by Crippen LogP contribution is 2.10. The zero-order valence-electron chi connectivity index (χ0n) is 8.35. The molecule has 1 aromatic heterocycles.